The van der Waals surface area contributed by atoms with E-state index in [4.69, 9.17) is 0 Å². The lowest BCUT2D eigenvalue weighted by molar-refractivity contribution is -0.118. The molecule has 0 aliphatic rings. The van der Waals surface area contributed by atoms with Crippen LogP contribution >= 0.6 is 0 Å². The molecule has 16 heavy (non-hydrogen) atoms. The lowest BCUT2D eigenvalue weighted by Crippen LogP contribution is -2.31. The topological polar surface area (TPSA) is 54.0 Å². The van der Waals surface area contributed by atoms with Gasteiger partial charge in [-0.2, -0.15) is 0 Å². The summed E-state index contributed by atoms with van der Waals surface area (Å²) in [5.41, 5.74) is 0.794. The zero-order chi connectivity index (χ0) is 12.0. The first-order valence-electron chi connectivity index (χ1n) is 5.18. The van der Waals surface area contributed by atoms with E-state index in [-0.39, 0.29) is 17.8 Å². The van der Waals surface area contributed by atoms with E-state index in [1.807, 2.05) is 6.92 Å². The molecule has 1 rings (SSSR count). The van der Waals surface area contributed by atoms with Gasteiger partial charge in [-0.1, -0.05) is 0 Å². The van der Waals surface area contributed by atoms with E-state index in [0.29, 0.717) is 13.1 Å². The molecule has 0 radical (unpaired) electrons. The summed E-state index contributed by atoms with van der Waals surface area (Å²) in [6, 6.07) is 1.46. The Bertz CT molecular complexity index is 357. The quantitative estimate of drug-likeness (QED) is 0.735. The fourth-order valence-corrected chi connectivity index (χ4v) is 1.31. The summed E-state index contributed by atoms with van der Waals surface area (Å²) in [4.78, 5) is 14.4. The maximum atomic E-state index is 12.9. The number of halogens is 1. The highest BCUT2D eigenvalue weighted by atomic mass is 19.1. The molecular formula is C11H16FN3O. The van der Waals surface area contributed by atoms with Crippen molar-refractivity contribution < 1.29 is 9.18 Å². The fraction of sp³-hybridized carbons (Fsp3) is 0.455. The standard InChI is InChI=1S/C11H16FN3O/c1-8(14-3-4-15-9(2)16)10-5-11(12)7-13-6-10/h5-8,14H,3-4H2,1-2H3,(H,15,16). The number of nitrogens with one attached hydrogen (secondary N) is 2. The molecule has 2 N–H and O–H groups in total. The Labute approximate surface area is 94.3 Å². The van der Waals surface area contributed by atoms with Gasteiger partial charge in [-0.3, -0.25) is 9.78 Å². The normalized spacial score (nSPS) is 12.2. The number of hydrogen-bond acceptors (Lipinski definition) is 3. The highest BCUT2D eigenvalue weighted by Crippen LogP contribution is 2.10. The van der Waals surface area contributed by atoms with Crippen LogP contribution in [0.25, 0.3) is 0 Å². The molecule has 1 unspecified atom stereocenters. The van der Waals surface area contributed by atoms with Crippen LogP contribution in [0, 0.1) is 5.82 Å². The van der Waals surface area contributed by atoms with E-state index in [2.05, 4.69) is 15.6 Å². The first-order valence-corrected chi connectivity index (χ1v) is 5.18. The summed E-state index contributed by atoms with van der Waals surface area (Å²) in [5.74, 6) is -0.394. The van der Waals surface area contributed by atoms with Gasteiger partial charge in [0.15, 0.2) is 0 Å². The second-order valence-electron chi connectivity index (χ2n) is 3.60. The van der Waals surface area contributed by atoms with Crippen molar-refractivity contribution in [2.24, 2.45) is 0 Å². The molecule has 0 saturated heterocycles. The number of amides is 1. The Balaban J connectivity index is 2.35. The smallest absolute Gasteiger partial charge is 0.216 e. The zero-order valence-electron chi connectivity index (χ0n) is 9.46. The summed E-state index contributed by atoms with van der Waals surface area (Å²) in [7, 11) is 0. The minimum Gasteiger partial charge on any atom is -0.355 e. The van der Waals surface area contributed by atoms with Gasteiger partial charge in [-0.15, -0.1) is 0 Å². The number of nitrogens with zero attached hydrogens (tertiary/aromatic N) is 1. The van der Waals surface area contributed by atoms with Crippen LogP contribution in [0.2, 0.25) is 0 Å². The van der Waals surface area contributed by atoms with E-state index in [1.54, 1.807) is 6.20 Å². The molecule has 0 bridgehead atoms. The fourth-order valence-electron chi connectivity index (χ4n) is 1.31. The van der Waals surface area contributed by atoms with Gasteiger partial charge in [-0.05, 0) is 18.6 Å². The number of aromatic nitrogens is 1. The first kappa shape index (κ1) is 12.6. The van der Waals surface area contributed by atoms with Gasteiger partial charge in [0.1, 0.15) is 5.82 Å². The van der Waals surface area contributed by atoms with E-state index in [1.165, 1.54) is 19.2 Å². The second kappa shape index (κ2) is 6.17. The third-order valence-electron chi connectivity index (χ3n) is 2.18. The SMILES string of the molecule is CC(=O)NCCNC(C)c1cncc(F)c1. The number of rotatable bonds is 5. The summed E-state index contributed by atoms with van der Waals surface area (Å²) in [6.07, 6.45) is 2.80. The predicted molar refractivity (Wildman–Crippen MR) is 59.3 cm³/mol. The van der Waals surface area contributed by atoms with Crippen LogP contribution in [0.3, 0.4) is 0 Å². The average Bonchev–Trinajstić information content (AvgIpc) is 2.24. The molecule has 0 saturated carbocycles. The molecule has 1 amide bonds. The number of carbonyl (C=O) groups excluding carboxylic acids is 1. The van der Waals surface area contributed by atoms with Gasteiger partial charge in [0.05, 0.1) is 6.20 Å². The zero-order valence-corrected chi connectivity index (χ0v) is 9.46. The number of carbonyl (C=O) groups is 1. The predicted octanol–water partition coefficient (Wildman–Crippen LogP) is 1.01. The van der Waals surface area contributed by atoms with Crippen molar-refractivity contribution in [3.05, 3.63) is 29.8 Å². The lowest BCUT2D eigenvalue weighted by Gasteiger charge is -2.13. The third-order valence-corrected chi connectivity index (χ3v) is 2.18. The largest absolute Gasteiger partial charge is 0.355 e. The molecule has 0 aliphatic carbocycles. The second-order valence-corrected chi connectivity index (χ2v) is 3.60. The summed E-state index contributed by atoms with van der Waals surface area (Å²) in [6.45, 7) is 4.59. The van der Waals surface area contributed by atoms with Gasteiger partial charge in [-0.25, -0.2) is 4.39 Å². The molecule has 1 aromatic rings. The maximum absolute atomic E-state index is 12.9. The molecule has 1 heterocycles. The van der Waals surface area contributed by atoms with Crippen molar-refractivity contribution in [3.63, 3.8) is 0 Å². The minimum absolute atomic E-state index is 0.0111. The van der Waals surface area contributed by atoms with Gasteiger partial charge in [0.25, 0.3) is 0 Å². The Morgan fingerprint density at radius 3 is 2.88 bits per heavy atom. The Morgan fingerprint density at radius 1 is 1.50 bits per heavy atom. The van der Waals surface area contributed by atoms with E-state index >= 15 is 0 Å². The molecule has 1 atom stereocenters. The van der Waals surface area contributed by atoms with Crippen LogP contribution in [0.15, 0.2) is 18.5 Å². The molecular weight excluding hydrogens is 209 g/mol. The molecule has 0 spiro atoms. The van der Waals surface area contributed by atoms with Gasteiger partial charge in [0.2, 0.25) is 5.91 Å². The van der Waals surface area contributed by atoms with Crippen molar-refractivity contribution >= 4 is 5.91 Å². The summed E-state index contributed by atoms with van der Waals surface area (Å²) < 4.78 is 12.9. The third kappa shape index (κ3) is 4.35. The van der Waals surface area contributed by atoms with Crippen molar-refractivity contribution in [2.45, 2.75) is 19.9 Å². The molecule has 88 valence electrons. The van der Waals surface area contributed by atoms with Gasteiger partial charge < -0.3 is 10.6 Å². The maximum Gasteiger partial charge on any atom is 0.216 e. The Hall–Kier alpha value is -1.49. The van der Waals surface area contributed by atoms with Crippen molar-refractivity contribution in [2.75, 3.05) is 13.1 Å². The van der Waals surface area contributed by atoms with Crippen LogP contribution in [-0.2, 0) is 4.79 Å². The molecule has 1 aromatic heterocycles. The first-order chi connectivity index (χ1) is 7.59. The number of pyridine rings is 1. The summed E-state index contributed by atoms with van der Waals surface area (Å²) in [5, 5.41) is 5.83. The van der Waals surface area contributed by atoms with Crippen LogP contribution in [0.5, 0.6) is 0 Å². The van der Waals surface area contributed by atoms with Crippen molar-refractivity contribution in [3.8, 4) is 0 Å². The lowest BCUT2D eigenvalue weighted by atomic mass is 10.1. The highest BCUT2D eigenvalue weighted by Gasteiger charge is 2.05. The van der Waals surface area contributed by atoms with Crippen molar-refractivity contribution in [1.82, 2.24) is 15.6 Å². The van der Waals surface area contributed by atoms with Gasteiger partial charge in [0, 0.05) is 32.3 Å². The monoisotopic (exact) mass is 225 g/mol. The van der Waals surface area contributed by atoms with Crippen LogP contribution in [-0.4, -0.2) is 24.0 Å². The Kier molecular flexibility index (Phi) is 4.85. The van der Waals surface area contributed by atoms with Crippen molar-refractivity contribution in [1.29, 1.82) is 0 Å². The molecule has 0 aliphatic heterocycles. The Morgan fingerprint density at radius 2 is 2.25 bits per heavy atom. The van der Waals surface area contributed by atoms with Crippen LogP contribution < -0.4 is 10.6 Å². The average molecular weight is 225 g/mol. The summed E-state index contributed by atoms with van der Waals surface area (Å²) >= 11 is 0. The van der Waals surface area contributed by atoms with Gasteiger partial charge >= 0.3 is 0 Å². The molecule has 0 aromatic carbocycles. The molecule has 0 fully saturated rings. The molecule has 4 nitrogen and oxygen atoms in total. The van der Waals surface area contributed by atoms with E-state index < -0.39 is 0 Å². The van der Waals surface area contributed by atoms with E-state index in [9.17, 15) is 9.18 Å². The van der Waals surface area contributed by atoms with Crippen LogP contribution in [0.4, 0.5) is 4.39 Å². The van der Waals surface area contributed by atoms with E-state index in [0.717, 1.165) is 5.56 Å². The molecule has 5 heteroatoms. The minimum atomic E-state index is -0.340. The number of hydrogen-bond donors (Lipinski definition) is 2. The highest BCUT2D eigenvalue weighted by molar-refractivity contribution is 5.72. The van der Waals surface area contributed by atoms with Crippen LogP contribution in [0.1, 0.15) is 25.5 Å².